The molecule has 7 heteroatoms. The number of hydrogen-bond acceptors (Lipinski definition) is 6. The molecule has 0 unspecified atom stereocenters. The number of ketones is 1. The van der Waals surface area contributed by atoms with Gasteiger partial charge in [-0.2, -0.15) is 5.26 Å². The zero-order valence-corrected chi connectivity index (χ0v) is 14.2. The Morgan fingerprint density at radius 1 is 1.33 bits per heavy atom. The van der Waals surface area contributed by atoms with E-state index in [9.17, 15) is 20.2 Å². The summed E-state index contributed by atoms with van der Waals surface area (Å²) in [5.74, 6) is -0.360. The average Bonchev–Trinajstić information content (AvgIpc) is 2.59. The second kappa shape index (κ2) is 8.67. The van der Waals surface area contributed by atoms with Gasteiger partial charge in [-0.25, -0.2) is 0 Å². The van der Waals surface area contributed by atoms with Crippen molar-refractivity contribution in [2.75, 3.05) is 14.2 Å². The van der Waals surface area contributed by atoms with E-state index in [0.717, 1.165) is 0 Å². The van der Waals surface area contributed by atoms with Gasteiger partial charge in [-0.3, -0.25) is 14.9 Å². The number of hydrogen-bond donors (Lipinski definition) is 0. The number of methoxy groups -OCH3 is 2. The predicted octanol–water partition coefficient (Wildman–Crippen LogP) is 3.52. The van der Waals surface area contributed by atoms with Gasteiger partial charge in [0.2, 0.25) is 5.75 Å². The van der Waals surface area contributed by atoms with E-state index in [1.165, 1.54) is 32.4 Å². The highest BCUT2D eigenvalue weighted by Gasteiger charge is 2.23. The summed E-state index contributed by atoms with van der Waals surface area (Å²) < 4.78 is 10.1. The largest absolute Gasteiger partial charge is 0.493 e. The summed E-state index contributed by atoms with van der Waals surface area (Å²) >= 11 is 0. The smallest absolute Gasteiger partial charge is 0.315 e. The summed E-state index contributed by atoms with van der Waals surface area (Å²) in [5, 5.41) is 20.5. The maximum atomic E-state index is 12.4. The van der Waals surface area contributed by atoms with Crippen molar-refractivity contribution in [2.24, 2.45) is 5.92 Å². The zero-order valence-electron chi connectivity index (χ0n) is 14.2. The van der Waals surface area contributed by atoms with Crippen LogP contribution in [0.1, 0.15) is 32.3 Å². The van der Waals surface area contributed by atoms with Gasteiger partial charge in [-0.15, -0.1) is 0 Å². The standard InChI is InChI=1S/C17H20N2O5/c1-5-12(6-2)16(20)13(10-18)7-11-8-14(19(21)22)17(24-4)15(9-11)23-3/h7-9,12H,5-6H2,1-4H3/b13-7+. The Kier molecular flexibility index (Phi) is 6.93. The summed E-state index contributed by atoms with van der Waals surface area (Å²) in [6.07, 6.45) is 2.59. The molecule has 0 atom stereocenters. The number of allylic oxidation sites excluding steroid dienone is 1. The Bertz CT molecular complexity index is 700. The number of Topliss-reactive ketones (excluding diaryl/α,β-unsaturated/α-hetero) is 1. The summed E-state index contributed by atoms with van der Waals surface area (Å²) in [6.45, 7) is 3.75. The van der Waals surface area contributed by atoms with E-state index >= 15 is 0 Å². The third kappa shape index (κ3) is 4.10. The SMILES string of the molecule is CCC(CC)C(=O)/C(C#N)=C/c1cc(OC)c(OC)c([N+](=O)[O-])c1. The maximum absolute atomic E-state index is 12.4. The molecule has 1 aromatic carbocycles. The Morgan fingerprint density at radius 2 is 1.96 bits per heavy atom. The molecule has 0 saturated carbocycles. The van der Waals surface area contributed by atoms with Crippen molar-refractivity contribution in [3.05, 3.63) is 33.4 Å². The first-order chi connectivity index (χ1) is 11.4. The number of benzene rings is 1. The summed E-state index contributed by atoms with van der Waals surface area (Å²) in [6, 6.07) is 4.62. The lowest BCUT2D eigenvalue weighted by atomic mass is 9.92. The second-order valence-electron chi connectivity index (χ2n) is 5.08. The van der Waals surface area contributed by atoms with Gasteiger partial charge in [0.25, 0.3) is 0 Å². The molecule has 0 bridgehead atoms. The normalized spacial score (nSPS) is 11.1. The molecule has 0 amide bonds. The van der Waals surface area contributed by atoms with Crippen LogP contribution in [-0.4, -0.2) is 24.9 Å². The molecule has 0 saturated heterocycles. The first kappa shape index (κ1) is 19.2. The first-order valence-electron chi connectivity index (χ1n) is 7.49. The molecule has 0 heterocycles. The van der Waals surface area contributed by atoms with Crippen molar-refractivity contribution < 1.29 is 19.2 Å². The molecular formula is C17H20N2O5. The summed E-state index contributed by atoms with van der Waals surface area (Å²) in [4.78, 5) is 23.0. The molecule has 0 fully saturated rings. The fourth-order valence-electron chi connectivity index (χ4n) is 2.39. The minimum Gasteiger partial charge on any atom is -0.493 e. The van der Waals surface area contributed by atoms with Gasteiger partial charge in [0, 0.05) is 12.0 Å². The predicted molar refractivity (Wildman–Crippen MR) is 88.9 cm³/mol. The molecule has 0 aliphatic rings. The fourth-order valence-corrected chi connectivity index (χ4v) is 2.39. The van der Waals surface area contributed by atoms with E-state index in [4.69, 9.17) is 9.47 Å². The van der Waals surface area contributed by atoms with Crippen molar-refractivity contribution in [3.63, 3.8) is 0 Å². The third-order valence-electron chi connectivity index (χ3n) is 3.73. The molecule has 0 aromatic heterocycles. The van der Waals surface area contributed by atoms with Crippen LogP contribution in [0.2, 0.25) is 0 Å². The molecule has 0 N–H and O–H groups in total. The summed E-state index contributed by atoms with van der Waals surface area (Å²) in [7, 11) is 2.66. The van der Waals surface area contributed by atoms with Crippen LogP contribution < -0.4 is 9.47 Å². The number of nitriles is 1. The van der Waals surface area contributed by atoms with Crippen molar-refractivity contribution in [1.29, 1.82) is 5.26 Å². The van der Waals surface area contributed by atoms with Crippen molar-refractivity contribution in [1.82, 2.24) is 0 Å². The Morgan fingerprint density at radius 3 is 2.38 bits per heavy atom. The molecule has 0 radical (unpaired) electrons. The molecule has 1 aromatic rings. The molecule has 128 valence electrons. The fraction of sp³-hybridized carbons (Fsp3) is 0.412. The molecular weight excluding hydrogens is 312 g/mol. The molecule has 1 rings (SSSR count). The highest BCUT2D eigenvalue weighted by molar-refractivity contribution is 6.04. The van der Waals surface area contributed by atoms with Crippen LogP contribution in [0.25, 0.3) is 6.08 Å². The third-order valence-corrected chi connectivity index (χ3v) is 3.73. The highest BCUT2D eigenvalue weighted by Crippen LogP contribution is 2.38. The van der Waals surface area contributed by atoms with E-state index in [1.807, 2.05) is 19.9 Å². The lowest BCUT2D eigenvalue weighted by Crippen LogP contribution is -2.14. The van der Waals surface area contributed by atoms with Crippen LogP contribution in [0.3, 0.4) is 0 Å². The van der Waals surface area contributed by atoms with Gasteiger partial charge < -0.3 is 9.47 Å². The lowest BCUT2D eigenvalue weighted by Gasteiger charge is -2.11. The Hall–Kier alpha value is -2.88. The van der Waals surface area contributed by atoms with E-state index in [-0.39, 0.29) is 34.5 Å². The minimum atomic E-state index is -0.604. The van der Waals surface area contributed by atoms with Crippen LogP contribution >= 0.6 is 0 Å². The van der Waals surface area contributed by atoms with Crippen LogP contribution in [0.15, 0.2) is 17.7 Å². The van der Waals surface area contributed by atoms with Gasteiger partial charge in [-0.05, 0) is 30.5 Å². The number of rotatable bonds is 8. The highest BCUT2D eigenvalue weighted by atomic mass is 16.6. The van der Waals surface area contributed by atoms with Crippen molar-refractivity contribution in [2.45, 2.75) is 26.7 Å². The molecule has 24 heavy (non-hydrogen) atoms. The topological polar surface area (TPSA) is 102 Å². The van der Waals surface area contributed by atoms with E-state index in [2.05, 4.69) is 0 Å². The minimum absolute atomic E-state index is 0.00974. The molecule has 0 aliphatic carbocycles. The Labute approximate surface area is 140 Å². The molecule has 0 spiro atoms. The number of nitrogens with zero attached hydrogens (tertiary/aromatic N) is 2. The van der Waals surface area contributed by atoms with Crippen LogP contribution in [-0.2, 0) is 4.79 Å². The van der Waals surface area contributed by atoms with E-state index < -0.39 is 4.92 Å². The molecule has 0 aliphatic heterocycles. The van der Waals surface area contributed by atoms with Gasteiger partial charge in [0.1, 0.15) is 6.07 Å². The van der Waals surface area contributed by atoms with Gasteiger partial charge >= 0.3 is 5.69 Å². The number of carbonyl (C=O) groups excluding carboxylic acids is 1. The maximum Gasteiger partial charge on any atom is 0.315 e. The monoisotopic (exact) mass is 332 g/mol. The first-order valence-corrected chi connectivity index (χ1v) is 7.49. The number of nitro groups is 1. The quantitative estimate of drug-likeness (QED) is 0.312. The number of carbonyl (C=O) groups is 1. The van der Waals surface area contributed by atoms with Gasteiger partial charge in [0.15, 0.2) is 11.5 Å². The second-order valence-corrected chi connectivity index (χ2v) is 5.08. The average molecular weight is 332 g/mol. The van der Waals surface area contributed by atoms with Crippen molar-refractivity contribution in [3.8, 4) is 17.6 Å². The summed E-state index contributed by atoms with van der Waals surface area (Å²) in [5.41, 5.74) is -0.00389. The molecule has 7 nitrogen and oxygen atoms in total. The Balaban J connectivity index is 3.45. The van der Waals surface area contributed by atoms with Crippen LogP contribution in [0, 0.1) is 27.4 Å². The number of nitro benzene ring substituents is 1. The van der Waals surface area contributed by atoms with E-state index in [1.54, 1.807) is 0 Å². The van der Waals surface area contributed by atoms with Crippen molar-refractivity contribution >= 4 is 17.5 Å². The zero-order chi connectivity index (χ0) is 18.3. The van der Waals surface area contributed by atoms with Crippen LogP contribution in [0.4, 0.5) is 5.69 Å². The number of ether oxygens (including phenoxy) is 2. The van der Waals surface area contributed by atoms with Crippen LogP contribution in [0.5, 0.6) is 11.5 Å². The van der Waals surface area contributed by atoms with Gasteiger partial charge in [0.05, 0.1) is 24.7 Å². The van der Waals surface area contributed by atoms with Gasteiger partial charge in [-0.1, -0.05) is 13.8 Å². The van der Waals surface area contributed by atoms with E-state index in [0.29, 0.717) is 18.4 Å². The lowest BCUT2D eigenvalue weighted by molar-refractivity contribution is -0.385.